The lowest BCUT2D eigenvalue weighted by molar-refractivity contribution is -0.141. The first-order chi connectivity index (χ1) is 9.20. The van der Waals surface area contributed by atoms with Gasteiger partial charge in [0.2, 0.25) is 0 Å². The Bertz CT molecular complexity index is 579. The molecule has 0 saturated heterocycles. The molecule has 1 N–H and O–H groups in total. The molecule has 2 aromatic carbocycles. The van der Waals surface area contributed by atoms with Crippen LogP contribution in [-0.4, -0.2) is 11.1 Å². The van der Waals surface area contributed by atoms with Crippen molar-refractivity contribution in [3.63, 3.8) is 0 Å². The summed E-state index contributed by atoms with van der Waals surface area (Å²) in [5.74, 6) is -0.0655. The Morgan fingerprint density at radius 2 is 1.79 bits per heavy atom. The largest absolute Gasteiger partial charge is 0.481 e. The van der Waals surface area contributed by atoms with E-state index in [2.05, 4.69) is 0 Å². The van der Waals surface area contributed by atoms with Gasteiger partial charge in [0.25, 0.3) is 0 Å². The highest BCUT2D eigenvalue weighted by Crippen LogP contribution is 2.43. The SMILES string of the molecule is O=C(O)CC1(c2ccccc2)Cc2ccccc2O1. The first-order valence-electron chi connectivity index (χ1n) is 6.24. The van der Waals surface area contributed by atoms with Gasteiger partial charge in [-0.25, -0.2) is 0 Å². The monoisotopic (exact) mass is 254 g/mol. The molecule has 19 heavy (non-hydrogen) atoms. The summed E-state index contributed by atoms with van der Waals surface area (Å²) in [6, 6.07) is 17.3. The summed E-state index contributed by atoms with van der Waals surface area (Å²) in [5, 5.41) is 9.20. The van der Waals surface area contributed by atoms with Gasteiger partial charge < -0.3 is 9.84 Å². The van der Waals surface area contributed by atoms with Crippen LogP contribution < -0.4 is 4.74 Å². The van der Waals surface area contributed by atoms with Crippen molar-refractivity contribution in [2.45, 2.75) is 18.4 Å². The van der Waals surface area contributed by atoms with E-state index in [1.54, 1.807) is 0 Å². The number of fused-ring (bicyclic) bond motifs is 1. The number of rotatable bonds is 3. The molecule has 2 aromatic rings. The lowest BCUT2D eigenvalue weighted by atomic mass is 9.86. The molecule has 3 heteroatoms. The van der Waals surface area contributed by atoms with Crippen LogP contribution >= 0.6 is 0 Å². The van der Waals surface area contributed by atoms with Gasteiger partial charge in [0.15, 0.2) is 0 Å². The van der Waals surface area contributed by atoms with Crippen molar-refractivity contribution in [1.29, 1.82) is 0 Å². The molecule has 1 aliphatic rings. The Balaban J connectivity index is 2.04. The summed E-state index contributed by atoms with van der Waals surface area (Å²) in [5.41, 5.74) is 1.19. The molecular formula is C16H14O3. The molecule has 0 spiro atoms. The van der Waals surface area contributed by atoms with Gasteiger partial charge in [-0.05, 0) is 17.2 Å². The van der Waals surface area contributed by atoms with Gasteiger partial charge in [0.1, 0.15) is 11.4 Å². The molecule has 1 unspecified atom stereocenters. The smallest absolute Gasteiger partial charge is 0.307 e. The van der Waals surface area contributed by atoms with Crippen LogP contribution in [0.25, 0.3) is 0 Å². The van der Waals surface area contributed by atoms with E-state index >= 15 is 0 Å². The van der Waals surface area contributed by atoms with Crippen molar-refractivity contribution in [3.8, 4) is 5.75 Å². The zero-order valence-corrected chi connectivity index (χ0v) is 10.4. The maximum absolute atomic E-state index is 11.2. The summed E-state index contributed by atoms with van der Waals surface area (Å²) in [6.07, 6.45) is 0.561. The molecule has 96 valence electrons. The zero-order valence-electron chi connectivity index (χ0n) is 10.4. The predicted molar refractivity (Wildman–Crippen MR) is 71.1 cm³/mol. The molecule has 3 nitrogen and oxygen atoms in total. The number of carboxylic acids is 1. The van der Waals surface area contributed by atoms with Gasteiger partial charge in [0, 0.05) is 6.42 Å². The van der Waals surface area contributed by atoms with Crippen molar-refractivity contribution >= 4 is 5.97 Å². The Kier molecular flexibility index (Phi) is 2.75. The number of carboxylic acid groups (broad SMARTS) is 1. The third kappa shape index (κ3) is 2.08. The fourth-order valence-corrected chi connectivity index (χ4v) is 2.65. The van der Waals surface area contributed by atoms with Crippen LogP contribution in [0.1, 0.15) is 17.5 Å². The fourth-order valence-electron chi connectivity index (χ4n) is 2.65. The van der Waals surface area contributed by atoms with E-state index in [1.165, 1.54) is 0 Å². The zero-order chi connectivity index (χ0) is 13.3. The number of hydrogen-bond acceptors (Lipinski definition) is 2. The number of hydrogen-bond donors (Lipinski definition) is 1. The van der Waals surface area contributed by atoms with E-state index in [0.29, 0.717) is 6.42 Å². The first-order valence-corrected chi connectivity index (χ1v) is 6.24. The molecule has 0 aliphatic carbocycles. The standard InChI is InChI=1S/C16H14O3/c17-15(18)11-16(13-7-2-1-3-8-13)10-12-6-4-5-9-14(12)19-16/h1-9H,10-11H2,(H,17,18). The van der Waals surface area contributed by atoms with Crippen molar-refractivity contribution in [2.75, 3.05) is 0 Å². The summed E-state index contributed by atoms with van der Waals surface area (Å²) < 4.78 is 6.01. The van der Waals surface area contributed by atoms with Crippen LogP contribution in [0.3, 0.4) is 0 Å². The molecule has 1 atom stereocenters. The third-order valence-electron chi connectivity index (χ3n) is 3.49. The topological polar surface area (TPSA) is 46.5 Å². The van der Waals surface area contributed by atoms with E-state index in [4.69, 9.17) is 4.74 Å². The highest BCUT2D eigenvalue weighted by Gasteiger charge is 2.42. The van der Waals surface area contributed by atoms with Gasteiger partial charge in [-0.3, -0.25) is 4.79 Å². The number of carbonyl (C=O) groups is 1. The maximum atomic E-state index is 11.2. The van der Waals surface area contributed by atoms with Crippen molar-refractivity contribution in [2.24, 2.45) is 0 Å². The van der Waals surface area contributed by atoms with Gasteiger partial charge in [-0.1, -0.05) is 48.5 Å². The van der Waals surface area contributed by atoms with Crippen LogP contribution in [0.15, 0.2) is 54.6 Å². The van der Waals surface area contributed by atoms with Gasteiger partial charge in [-0.15, -0.1) is 0 Å². The van der Waals surface area contributed by atoms with Crippen molar-refractivity contribution < 1.29 is 14.6 Å². The minimum Gasteiger partial charge on any atom is -0.481 e. The second kappa shape index (κ2) is 4.43. The molecule has 0 radical (unpaired) electrons. The first kappa shape index (κ1) is 11.8. The molecule has 0 amide bonds. The predicted octanol–water partition coefficient (Wildman–Crippen LogP) is 2.99. The molecule has 1 heterocycles. The Morgan fingerprint density at radius 3 is 2.47 bits per heavy atom. The third-order valence-corrected chi connectivity index (χ3v) is 3.49. The minimum atomic E-state index is -0.850. The van der Waals surface area contributed by atoms with Crippen LogP contribution in [0.4, 0.5) is 0 Å². The average molecular weight is 254 g/mol. The Labute approximate surface area is 111 Å². The molecule has 0 bridgehead atoms. The lowest BCUT2D eigenvalue weighted by Gasteiger charge is -2.27. The highest BCUT2D eigenvalue weighted by molar-refractivity contribution is 5.69. The van der Waals surface area contributed by atoms with Crippen LogP contribution in [0, 0.1) is 0 Å². The van der Waals surface area contributed by atoms with Crippen molar-refractivity contribution in [3.05, 3.63) is 65.7 Å². The molecule has 0 saturated carbocycles. The molecule has 0 fully saturated rings. The van der Waals surface area contributed by atoms with E-state index in [1.807, 2.05) is 54.6 Å². The Hall–Kier alpha value is -2.29. The van der Waals surface area contributed by atoms with Gasteiger partial charge in [-0.2, -0.15) is 0 Å². The quantitative estimate of drug-likeness (QED) is 0.915. The minimum absolute atomic E-state index is 0.0360. The summed E-state index contributed by atoms with van der Waals surface area (Å²) in [7, 11) is 0. The summed E-state index contributed by atoms with van der Waals surface area (Å²) in [6.45, 7) is 0. The molecule has 1 aliphatic heterocycles. The number of ether oxygens (including phenoxy) is 1. The maximum Gasteiger partial charge on any atom is 0.307 e. The lowest BCUT2D eigenvalue weighted by Crippen LogP contribution is -2.34. The summed E-state index contributed by atoms with van der Waals surface area (Å²) >= 11 is 0. The number of benzene rings is 2. The second-order valence-corrected chi connectivity index (χ2v) is 4.82. The van der Waals surface area contributed by atoms with Gasteiger partial charge in [0.05, 0.1) is 6.42 Å². The molecule has 0 aromatic heterocycles. The Morgan fingerprint density at radius 1 is 1.11 bits per heavy atom. The molecule has 3 rings (SSSR count). The second-order valence-electron chi connectivity index (χ2n) is 4.82. The van der Waals surface area contributed by atoms with E-state index in [-0.39, 0.29) is 6.42 Å². The van der Waals surface area contributed by atoms with E-state index < -0.39 is 11.6 Å². The fraction of sp³-hybridized carbons (Fsp3) is 0.188. The number of para-hydroxylation sites is 1. The van der Waals surface area contributed by atoms with Crippen LogP contribution in [0.5, 0.6) is 5.75 Å². The summed E-state index contributed by atoms with van der Waals surface area (Å²) in [4.78, 5) is 11.2. The van der Waals surface area contributed by atoms with E-state index in [0.717, 1.165) is 16.9 Å². The van der Waals surface area contributed by atoms with E-state index in [9.17, 15) is 9.90 Å². The highest BCUT2D eigenvalue weighted by atomic mass is 16.5. The average Bonchev–Trinajstić information content (AvgIpc) is 2.78. The van der Waals surface area contributed by atoms with Crippen LogP contribution in [0.2, 0.25) is 0 Å². The normalized spacial score (nSPS) is 20.6. The molecular weight excluding hydrogens is 240 g/mol. The van der Waals surface area contributed by atoms with Gasteiger partial charge >= 0.3 is 5.97 Å². The van der Waals surface area contributed by atoms with Crippen molar-refractivity contribution in [1.82, 2.24) is 0 Å². The number of aliphatic carboxylic acids is 1. The van der Waals surface area contributed by atoms with Crippen LogP contribution in [-0.2, 0) is 16.8 Å².